The Kier molecular flexibility index (Phi) is 3.66. The average Bonchev–Trinajstić information content (AvgIpc) is 2.41. The first kappa shape index (κ1) is 12.8. The predicted molar refractivity (Wildman–Crippen MR) is 78.5 cm³/mol. The van der Waals surface area contributed by atoms with Gasteiger partial charge in [0, 0.05) is 15.6 Å². The third-order valence-electron chi connectivity index (χ3n) is 3.45. The summed E-state index contributed by atoms with van der Waals surface area (Å²) in [6.07, 6.45) is 3.95. The number of hydrogen-bond acceptors (Lipinski definition) is 4. The summed E-state index contributed by atoms with van der Waals surface area (Å²) in [5, 5.41) is 4.39. The number of aryl methyl sites for hydroxylation is 1. The quantitative estimate of drug-likeness (QED) is 0.924. The molecular weight excluding hydrogens is 306 g/mol. The molecule has 5 heteroatoms. The molecule has 1 aliphatic rings. The van der Waals surface area contributed by atoms with Crippen LogP contribution in [0.5, 0.6) is 5.75 Å². The molecule has 4 nitrogen and oxygen atoms in total. The van der Waals surface area contributed by atoms with E-state index >= 15 is 0 Å². The van der Waals surface area contributed by atoms with Crippen LogP contribution in [0, 0.1) is 6.92 Å². The van der Waals surface area contributed by atoms with Gasteiger partial charge in [-0.2, -0.15) is 0 Å². The van der Waals surface area contributed by atoms with Crippen molar-refractivity contribution >= 4 is 26.8 Å². The van der Waals surface area contributed by atoms with Crippen LogP contribution < -0.4 is 10.1 Å². The molecular formula is C14H16BrN3O. The maximum atomic E-state index is 6.14. The van der Waals surface area contributed by atoms with Crippen molar-refractivity contribution in [2.75, 3.05) is 13.1 Å². The predicted octanol–water partition coefficient (Wildman–Crippen LogP) is 2.83. The van der Waals surface area contributed by atoms with E-state index in [1.165, 1.54) is 0 Å². The molecule has 1 fully saturated rings. The van der Waals surface area contributed by atoms with Gasteiger partial charge in [-0.1, -0.05) is 15.9 Å². The molecule has 0 atom stereocenters. The van der Waals surface area contributed by atoms with E-state index in [-0.39, 0.29) is 6.10 Å². The Balaban J connectivity index is 1.99. The lowest BCUT2D eigenvalue weighted by Gasteiger charge is -2.24. The topological polar surface area (TPSA) is 47.0 Å². The number of benzene rings is 1. The largest absolute Gasteiger partial charge is 0.488 e. The first-order valence-electron chi connectivity index (χ1n) is 6.52. The monoisotopic (exact) mass is 321 g/mol. The molecule has 0 aliphatic carbocycles. The lowest BCUT2D eigenvalue weighted by atomic mass is 10.1. The van der Waals surface area contributed by atoms with Crippen molar-refractivity contribution in [2.45, 2.75) is 25.9 Å². The summed E-state index contributed by atoms with van der Waals surface area (Å²) in [6, 6.07) is 4.04. The number of ether oxygens (including phenoxy) is 1. The molecule has 1 N–H and O–H groups in total. The second kappa shape index (κ2) is 5.43. The molecule has 0 spiro atoms. The molecule has 1 aliphatic heterocycles. The van der Waals surface area contributed by atoms with E-state index in [4.69, 9.17) is 4.74 Å². The van der Waals surface area contributed by atoms with Crippen LogP contribution in [0.1, 0.15) is 18.5 Å². The summed E-state index contributed by atoms with van der Waals surface area (Å²) in [6.45, 7) is 4.03. The lowest BCUT2D eigenvalue weighted by Crippen LogP contribution is -2.34. The maximum Gasteiger partial charge on any atom is 0.147 e. The van der Waals surface area contributed by atoms with Crippen LogP contribution in [0.2, 0.25) is 0 Å². The Hall–Kier alpha value is -1.20. The number of fused-ring (bicyclic) bond motifs is 1. The normalized spacial score (nSPS) is 16.7. The zero-order chi connectivity index (χ0) is 13.2. The number of aromatic nitrogens is 2. The smallest absolute Gasteiger partial charge is 0.147 e. The molecule has 0 radical (unpaired) electrons. The molecule has 1 saturated heterocycles. The summed E-state index contributed by atoms with van der Waals surface area (Å²) >= 11 is 3.53. The van der Waals surface area contributed by atoms with Gasteiger partial charge in [0.15, 0.2) is 0 Å². The van der Waals surface area contributed by atoms with Crippen LogP contribution in [0.15, 0.2) is 22.9 Å². The third kappa shape index (κ3) is 2.72. The van der Waals surface area contributed by atoms with Crippen molar-refractivity contribution in [1.29, 1.82) is 0 Å². The molecule has 0 amide bonds. The van der Waals surface area contributed by atoms with Gasteiger partial charge in [0.05, 0.1) is 0 Å². The summed E-state index contributed by atoms with van der Waals surface area (Å²) in [4.78, 5) is 8.61. The van der Waals surface area contributed by atoms with Crippen molar-refractivity contribution in [3.8, 4) is 5.75 Å². The van der Waals surface area contributed by atoms with Crippen molar-refractivity contribution in [1.82, 2.24) is 15.3 Å². The number of nitrogens with zero attached hydrogens (tertiary/aromatic N) is 2. The zero-order valence-corrected chi connectivity index (χ0v) is 12.4. The highest BCUT2D eigenvalue weighted by molar-refractivity contribution is 9.10. The number of nitrogens with one attached hydrogen (secondary N) is 1. The summed E-state index contributed by atoms with van der Waals surface area (Å²) in [7, 11) is 0. The Morgan fingerprint density at radius 3 is 2.84 bits per heavy atom. The van der Waals surface area contributed by atoms with Gasteiger partial charge in [-0.25, -0.2) is 9.97 Å². The van der Waals surface area contributed by atoms with Crippen LogP contribution in [-0.4, -0.2) is 29.2 Å². The van der Waals surface area contributed by atoms with Gasteiger partial charge in [-0.05, 0) is 45.0 Å². The van der Waals surface area contributed by atoms with Gasteiger partial charge in [0.2, 0.25) is 0 Å². The van der Waals surface area contributed by atoms with Gasteiger partial charge in [0.1, 0.15) is 23.7 Å². The van der Waals surface area contributed by atoms with Crippen LogP contribution in [0.4, 0.5) is 0 Å². The summed E-state index contributed by atoms with van der Waals surface area (Å²) in [5.74, 6) is 0.849. The van der Waals surface area contributed by atoms with Crippen LogP contribution >= 0.6 is 15.9 Å². The van der Waals surface area contributed by atoms with Gasteiger partial charge in [-0.15, -0.1) is 0 Å². The zero-order valence-electron chi connectivity index (χ0n) is 10.8. The molecule has 1 aromatic heterocycles. The van der Waals surface area contributed by atoms with E-state index < -0.39 is 0 Å². The molecule has 3 rings (SSSR count). The lowest BCUT2D eigenvalue weighted by molar-refractivity contribution is 0.164. The molecule has 2 aromatic rings. The molecule has 2 heterocycles. The van der Waals surface area contributed by atoms with Crippen LogP contribution in [0.25, 0.3) is 10.9 Å². The summed E-state index contributed by atoms with van der Waals surface area (Å²) < 4.78 is 7.15. The minimum atomic E-state index is 0.272. The van der Waals surface area contributed by atoms with Crippen molar-refractivity contribution in [2.24, 2.45) is 0 Å². The molecule has 0 bridgehead atoms. The fourth-order valence-electron chi connectivity index (χ4n) is 2.41. The first-order valence-corrected chi connectivity index (χ1v) is 7.31. The number of halogens is 1. The average molecular weight is 322 g/mol. The van der Waals surface area contributed by atoms with Crippen molar-refractivity contribution in [3.63, 3.8) is 0 Å². The SMILES string of the molecule is Cc1ncnc2c(OC3CCNCC3)cc(Br)cc12. The van der Waals surface area contributed by atoms with Crippen LogP contribution in [-0.2, 0) is 0 Å². The van der Waals surface area contributed by atoms with E-state index in [1.54, 1.807) is 6.33 Å². The summed E-state index contributed by atoms with van der Waals surface area (Å²) in [5.41, 5.74) is 1.87. The number of piperidine rings is 1. The molecule has 0 unspecified atom stereocenters. The van der Waals surface area contributed by atoms with E-state index in [0.717, 1.165) is 52.8 Å². The minimum absolute atomic E-state index is 0.272. The Labute approximate surface area is 120 Å². The van der Waals surface area contributed by atoms with Crippen molar-refractivity contribution in [3.05, 3.63) is 28.6 Å². The number of rotatable bonds is 2. The molecule has 19 heavy (non-hydrogen) atoms. The maximum absolute atomic E-state index is 6.14. The van der Waals surface area contributed by atoms with E-state index in [9.17, 15) is 0 Å². The third-order valence-corrected chi connectivity index (χ3v) is 3.91. The fraction of sp³-hybridized carbons (Fsp3) is 0.429. The Bertz CT molecular complexity index is 597. The van der Waals surface area contributed by atoms with Gasteiger partial charge < -0.3 is 10.1 Å². The highest BCUT2D eigenvalue weighted by atomic mass is 79.9. The van der Waals surface area contributed by atoms with Crippen molar-refractivity contribution < 1.29 is 4.74 Å². The second-order valence-corrected chi connectivity index (χ2v) is 5.74. The van der Waals surface area contributed by atoms with Gasteiger partial charge in [0.25, 0.3) is 0 Å². The number of hydrogen-bond donors (Lipinski definition) is 1. The highest BCUT2D eigenvalue weighted by Crippen LogP contribution is 2.31. The van der Waals surface area contributed by atoms with E-state index in [1.807, 2.05) is 19.1 Å². The van der Waals surface area contributed by atoms with Gasteiger partial charge >= 0.3 is 0 Å². The first-order chi connectivity index (χ1) is 9.24. The molecule has 1 aromatic carbocycles. The highest BCUT2D eigenvalue weighted by Gasteiger charge is 2.17. The fourth-order valence-corrected chi connectivity index (χ4v) is 2.85. The Morgan fingerprint density at radius 1 is 1.26 bits per heavy atom. The second-order valence-electron chi connectivity index (χ2n) is 4.83. The van der Waals surface area contributed by atoms with Gasteiger partial charge in [-0.3, -0.25) is 0 Å². The minimum Gasteiger partial charge on any atom is -0.488 e. The van der Waals surface area contributed by atoms with E-state index in [0.29, 0.717) is 0 Å². The molecule has 100 valence electrons. The van der Waals surface area contributed by atoms with Crippen LogP contribution in [0.3, 0.4) is 0 Å². The molecule has 0 saturated carbocycles. The standard InChI is InChI=1S/C14H16BrN3O/c1-9-12-6-10(15)7-13(14(12)18-8-17-9)19-11-2-4-16-5-3-11/h6-8,11,16H,2-5H2,1H3. The Morgan fingerprint density at radius 2 is 2.05 bits per heavy atom. The van der Waals surface area contributed by atoms with E-state index in [2.05, 4.69) is 31.2 Å².